The summed E-state index contributed by atoms with van der Waals surface area (Å²) in [4.78, 5) is 12.7. The quantitative estimate of drug-likeness (QED) is 0.479. The Morgan fingerprint density at radius 3 is 2.39 bits per heavy atom. The van der Waals surface area contributed by atoms with Crippen molar-refractivity contribution in [1.82, 2.24) is 9.78 Å². The van der Waals surface area contributed by atoms with E-state index in [0.29, 0.717) is 11.6 Å². The largest absolute Gasteiger partial charge is 0.496 e. The van der Waals surface area contributed by atoms with E-state index in [1.165, 1.54) is 0 Å². The average Bonchev–Trinajstić information content (AvgIpc) is 3.10. The maximum absolute atomic E-state index is 12.7. The number of anilines is 1. The van der Waals surface area contributed by atoms with Crippen molar-refractivity contribution in [3.8, 4) is 22.7 Å². The molecule has 1 aliphatic rings. The second-order valence-electron chi connectivity index (χ2n) is 7.21. The molecule has 6 heteroatoms. The first-order valence-electron chi connectivity index (χ1n) is 10.0. The van der Waals surface area contributed by atoms with Crippen molar-refractivity contribution >= 4 is 23.5 Å². The molecule has 0 fully saturated rings. The lowest BCUT2D eigenvalue weighted by atomic mass is 9.99. The number of carbonyl (C=O) groups excluding carboxylic acids is 1. The van der Waals surface area contributed by atoms with E-state index in [1.54, 1.807) is 18.9 Å². The molecule has 0 radical (unpaired) electrons. The Labute approximate surface area is 185 Å². The summed E-state index contributed by atoms with van der Waals surface area (Å²) in [6.07, 6.45) is 0. The number of methoxy groups -OCH3 is 1. The summed E-state index contributed by atoms with van der Waals surface area (Å²) in [6, 6.07) is 28.0. The predicted molar refractivity (Wildman–Crippen MR) is 125 cm³/mol. The topological polar surface area (TPSA) is 56.1 Å². The van der Waals surface area contributed by atoms with Crippen LogP contribution in [0.5, 0.6) is 5.75 Å². The van der Waals surface area contributed by atoms with Crippen molar-refractivity contribution in [1.29, 1.82) is 0 Å². The molecule has 0 saturated heterocycles. The van der Waals surface area contributed by atoms with Gasteiger partial charge in [0.25, 0.3) is 0 Å². The molecule has 5 nitrogen and oxygen atoms in total. The zero-order valence-electron chi connectivity index (χ0n) is 17.0. The Balaban J connectivity index is 1.81. The number of nitrogens with zero attached hydrogens (tertiary/aromatic N) is 2. The Bertz CT molecular complexity index is 1220. The monoisotopic (exact) mass is 427 g/mol. The zero-order chi connectivity index (χ0) is 21.2. The molecular formula is C25H21N3O2S. The number of hydrogen-bond donors (Lipinski definition) is 1. The summed E-state index contributed by atoms with van der Waals surface area (Å²) in [5, 5.41) is 7.99. The van der Waals surface area contributed by atoms with Gasteiger partial charge in [-0.25, -0.2) is 4.68 Å². The molecule has 0 aliphatic carbocycles. The Morgan fingerprint density at radius 1 is 0.968 bits per heavy atom. The number of fused-ring (bicyclic) bond motifs is 1. The van der Waals surface area contributed by atoms with Gasteiger partial charge in [0, 0.05) is 16.7 Å². The van der Waals surface area contributed by atoms with Crippen LogP contribution in [0, 0.1) is 0 Å². The smallest absolute Gasteiger partial charge is 0.235 e. The van der Waals surface area contributed by atoms with E-state index in [-0.39, 0.29) is 11.2 Å². The van der Waals surface area contributed by atoms with Gasteiger partial charge in [0.15, 0.2) is 0 Å². The van der Waals surface area contributed by atoms with Crippen LogP contribution in [0.1, 0.15) is 16.4 Å². The maximum Gasteiger partial charge on any atom is 0.235 e. The van der Waals surface area contributed by atoms with Crippen LogP contribution in [-0.4, -0.2) is 28.6 Å². The summed E-state index contributed by atoms with van der Waals surface area (Å²) in [6.45, 7) is 0. The third-order valence-electron chi connectivity index (χ3n) is 5.29. The van der Waals surface area contributed by atoms with E-state index in [9.17, 15) is 4.79 Å². The first-order valence-corrected chi connectivity index (χ1v) is 11.1. The second-order valence-corrected chi connectivity index (χ2v) is 8.30. The van der Waals surface area contributed by atoms with Gasteiger partial charge < -0.3 is 10.1 Å². The summed E-state index contributed by atoms with van der Waals surface area (Å²) in [5.41, 5.74) is 4.76. The molecule has 1 N–H and O–H groups in total. The minimum absolute atomic E-state index is 0.0414. The van der Waals surface area contributed by atoms with Gasteiger partial charge in [-0.15, -0.1) is 11.8 Å². The van der Waals surface area contributed by atoms with Crippen LogP contribution < -0.4 is 10.1 Å². The third-order valence-corrected chi connectivity index (χ3v) is 6.54. The molecule has 0 saturated carbocycles. The average molecular weight is 428 g/mol. The molecule has 1 aromatic heterocycles. The van der Waals surface area contributed by atoms with Gasteiger partial charge in [-0.1, -0.05) is 66.7 Å². The zero-order valence-corrected chi connectivity index (χ0v) is 17.8. The predicted octanol–water partition coefficient (Wildman–Crippen LogP) is 5.32. The number of para-hydroxylation sites is 2. The highest BCUT2D eigenvalue weighted by Gasteiger charge is 2.33. The second kappa shape index (κ2) is 8.32. The minimum Gasteiger partial charge on any atom is -0.496 e. The Morgan fingerprint density at radius 2 is 1.65 bits per heavy atom. The molecule has 0 bridgehead atoms. The lowest BCUT2D eigenvalue weighted by molar-refractivity contribution is -0.113. The van der Waals surface area contributed by atoms with Crippen molar-refractivity contribution in [2.24, 2.45) is 0 Å². The maximum atomic E-state index is 12.7. The van der Waals surface area contributed by atoms with Gasteiger partial charge in [0.1, 0.15) is 11.6 Å². The molecule has 5 rings (SSSR count). The Hall–Kier alpha value is -3.51. The van der Waals surface area contributed by atoms with Gasteiger partial charge in [-0.2, -0.15) is 5.10 Å². The van der Waals surface area contributed by atoms with Gasteiger partial charge >= 0.3 is 0 Å². The van der Waals surface area contributed by atoms with E-state index < -0.39 is 0 Å². The number of hydrogen-bond acceptors (Lipinski definition) is 4. The highest BCUT2D eigenvalue weighted by atomic mass is 32.2. The Kier molecular flexibility index (Phi) is 5.22. The number of ether oxygens (including phenoxy) is 1. The lowest BCUT2D eigenvalue weighted by Crippen LogP contribution is -2.15. The first-order chi connectivity index (χ1) is 15.3. The molecule has 0 spiro atoms. The number of benzene rings is 3. The summed E-state index contributed by atoms with van der Waals surface area (Å²) < 4.78 is 7.51. The van der Waals surface area contributed by atoms with Crippen molar-refractivity contribution in [2.75, 3.05) is 18.2 Å². The molecular weight excluding hydrogens is 406 g/mol. The first kappa shape index (κ1) is 19.5. The molecule has 2 heterocycles. The lowest BCUT2D eigenvalue weighted by Gasteiger charge is -2.19. The van der Waals surface area contributed by atoms with Crippen molar-refractivity contribution < 1.29 is 9.53 Å². The molecule has 1 atom stereocenters. The van der Waals surface area contributed by atoms with Gasteiger partial charge in [0.2, 0.25) is 5.91 Å². The van der Waals surface area contributed by atoms with E-state index in [0.717, 1.165) is 33.8 Å². The van der Waals surface area contributed by atoms with Gasteiger partial charge in [-0.05, 0) is 18.2 Å². The number of rotatable bonds is 4. The van der Waals surface area contributed by atoms with E-state index in [1.807, 2.05) is 71.4 Å². The SMILES string of the molecule is COc1ccccc1C1SCC(=O)Nc2c1c(-c1ccccc1)nn2-c1ccccc1. The van der Waals surface area contributed by atoms with Crippen LogP contribution in [0.4, 0.5) is 5.82 Å². The molecule has 4 aromatic rings. The van der Waals surface area contributed by atoms with Crippen LogP contribution >= 0.6 is 11.8 Å². The minimum atomic E-state index is -0.113. The highest BCUT2D eigenvalue weighted by Crippen LogP contribution is 2.48. The molecule has 3 aromatic carbocycles. The van der Waals surface area contributed by atoms with Crippen LogP contribution in [0.15, 0.2) is 84.9 Å². The molecule has 31 heavy (non-hydrogen) atoms. The number of aromatic nitrogens is 2. The van der Waals surface area contributed by atoms with E-state index in [4.69, 9.17) is 9.84 Å². The standard InChI is InChI=1S/C25H21N3O2S/c1-30-20-15-9-8-14-19(20)24-22-23(17-10-4-2-5-11-17)27-28(18-12-6-3-7-13-18)25(22)26-21(29)16-31-24/h2-15,24H,16H2,1H3,(H,26,29). The number of thioether (sulfide) groups is 1. The summed E-state index contributed by atoms with van der Waals surface area (Å²) >= 11 is 1.59. The van der Waals surface area contributed by atoms with Crippen LogP contribution in [0.3, 0.4) is 0 Å². The molecule has 1 aliphatic heterocycles. The van der Waals surface area contributed by atoms with Crippen LogP contribution in [0.2, 0.25) is 0 Å². The molecule has 1 unspecified atom stereocenters. The summed E-state index contributed by atoms with van der Waals surface area (Å²) in [5.74, 6) is 1.81. The van der Waals surface area contributed by atoms with Crippen LogP contribution in [-0.2, 0) is 4.79 Å². The molecule has 154 valence electrons. The third kappa shape index (κ3) is 3.59. The van der Waals surface area contributed by atoms with Gasteiger partial charge in [-0.3, -0.25) is 4.79 Å². The number of nitrogens with one attached hydrogen (secondary N) is 1. The van der Waals surface area contributed by atoms with E-state index >= 15 is 0 Å². The number of carbonyl (C=O) groups is 1. The molecule has 1 amide bonds. The van der Waals surface area contributed by atoms with Crippen molar-refractivity contribution in [3.05, 3.63) is 96.1 Å². The fraction of sp³-hybridized carbons (Fsp3) is 0.120. The fourth-order valence-electron chi connectivity index (χ4n) is 3.90. The number of amides is 1. The fourth-order valence-corrected chi connectivity index (χ4v) is 5.06. The van der Waals surface area contributed by atoms with Crippen molar-refractivity contribution in [2.45, 2.75) is 5.25 Å². The highest BCUT2D eigenvalue weighted by molar-refractivity contribution is 8.00. The van der Waals surface area contributed by atoms with Gasteiger partial charge in [0.05, 0.1) is 29.5 Å². The van der Waals surface area contributed by atoms with Crippen LogP contribution in [0.25, 0.3) is 16.9 Å². The summed E-state index contributed by atoms with van der Waals surface area (Å²) in [7, 11) is 1.68. The van der Waals surface area contributed by atoms with Crippen molar-refractivity contribution in [3.63, 3.8) is 0 Å². The normalized spacial score (nSPS) is 15.6. The van der Waals surface area contributed by atoms with E-state index in [2.05, 4.69) is 23.5 Å².